The van der Waals surface area contributed by atoms with E-state index < -0.39 is 0 Å². The van der Waals surface area contributed by atoms with Crippen molar-refractivity contribution in [2.45, 2.75) is 6.92 Å². The third kappa shape index (κ3) is 2.69. The number of carbonyl (C=O) groups is 1. The zero-order valence-corrected chi connectivity index (χ0v) is 10.3. The smallest absolute Gasteiger partial charge is 0.150 e. The lowest BCUT2D eigenvalue weighted by molar-refractivity contribution is 0.112. The van der Waals surface area contributed by atoms with Crippen molar-refractivity contribution in [2.24, 2.45) is 0 Å². The Morgan fingerprint density at radius 2 is 1.67 bits per heavy atom. The van der Waals surface area contributed by atoms with Gasteiger partial charge in [0.1, 0.15) is 23.5 Å². The van der Waals surface area contributed by atoms with Crippen molar-refractivity contribution in [3.63, 3.8) is 0 Å². The van der Waals surface area contributed by atoms with Crippen molar-refractivity contribution in [2.75, 3.05) is 7.11 Å². The minimum atomic E-state index is 0.601. The van der Waals surface area contributed by atoms with Crippen LogP contribution >= 0.6 is 0 Å². The van der Waals surface area contributed by atoms with Crippen LogP contribution in [0.5, 0.6) is 17.2 Å². The number of hydrogen-bond donors (Lipinski definition) is 0. The molecule has 92 valence electrons. The minimum absolute atomic E-state index is 0.601. The molecule has 0 aliphatic heterocycles. The maximum atomic E-state index is 10.7. The zero-order valence-electron chi connectivity index (χ0n) is 10.3. The van der Waals surface area contributed by atoms with E-state index in [4.69, 9.17) is 9.47 Å². The largest absolute Gasteiger partial charge is 0.497 e. The zero-order chi connectivity index (χ0) is 13.0. The first kappa shape index (κ1) is 12.2. The third-order valence-electron chi connectivity index (χ3n) is 2.64. The molecular weight excluding hydrogens is 228 g/mol. The first-order valence-corrected chi connectivity index (χ1v) is 5.60. The first-order chi connectivity index (χ1) is 8.72. The number of aldehydes is 1. The molecule has 2 aromatic carbocycles. The van der Waals surface area contributed by atoms with Crippen LogP contribution in [0.4, 0.5) is 0 Å². The molecule has 0 saturated carbocycles. The molecule has 0 saturated heterocycles. The van der Waals surface area contributed by atoms with Crippen LogP contribution in [0.2, 0.25) is 0 Å². The Kier molecular flexibility index (Phi) is 3.63. The molecule has 0 aliphatic rings. The first-order valence-electron chi connectivity index (χ1n) is 5.60. The summed E-state index contributed by atoms with van der Waals surface area (Å²) in [4.78, 5) is 10.7. The average Bonchev–Trinajstić information content (AvgIpc) is 2.42. The van der Waals surface area contributed by atoms with Crippen molar-refractivity contribution in [3.8, 4) is 17.2 Å². The number of aryl methyl sites for hydroxylation is 1. The van der Waals surface area contributed by atoms with Crippen LogP contribution in [0.3, 0.4) is 0 Å². The fourth-order valence-electron chi connectivity index (χ4n) is 1.57. The van der Waals surface area contributed by atoms with E-state index in [0.717, 1.165) is 17.6 Å². The summed E-state index contributed by atoms with van der Waals surface area (Å²) in [5.74, 6) is 2.17. The molecule has 0 N–H and O–H groups in total. The van der Waals surface area contributed by atoms with Crippen LogP contribution in [0.1, 0.15) is 15.9 Å². The molecule has 3 heteroatoms. The van der Waals surface area contributed by atoms with E-state index in [2.05, 4.69) is 0 Å². The number of ether oxygens (including phenoxy) is 2. The van der Waals surface area contributed by atoms with Gasteiger partial charge in [0, 0.05) is 5.56 Å². The van der Waals surface area contributed by atoms with Gasteiger partial charge in [0.2, 0.25) is 0 Å². The Morgan fingerprint density at radius 1 is 1.00 bits per heavy atom. The van der Waals surface area contributed by atoms with Gasteiger partial charge in [-0.2, -0.15) is 0 Å². The molecule has 0 bridgehead atoms. The van der Waals surface area contributed by atoms with Gasteiger partial charge in [0.25, 0.3) is 0 Å². The van der Waals surface area contributed by atoms with Crippen LogP contribution < -0.4 is 9.47 Å². The number of carbonyl (C=O) groups excluding carboxylic acids is 1. The molecule has 0 heterocycles. The fraction of sp³-hybridized carbons (Fsp3) is 0.133. The topological polar surface area (TPSA) is 35.5 Å². The molecule has 0 radical (unpaired) electrons. The summed E-state index contributed by atoms with van der Waals surface area (Å²) in [6.07, 6.45) is 0.806. The lowest BCUT2D eigenvalue weighted by atomic mass is 10.1. The highest BCUT2D eigenvalue weighted by molar-refractivity contribution is 5.75. The molecular formula is C15H14O3. The molecule has 3 nitrogen and oxygen atoms in total. The van der Waals surface area contributed by atoms with Gasteiger partial charge >= 0.3 is 0 Å². The normalized spacial score (nSPS) is 9.89. The summed E-state index contributed by atoms with van der Waals surface area (Å²) in [6, 6.07) is 12.7. The molecule has 0 unspecified atom stereocenters. The second-order valence-electron chi connectivity index (χ2n) is 3.92. The van der Waals surface area contributed by atoms with Crippen molar-refractivity contribution < 1.29 is 14.3 Å². The SMILES string of the molecule is COc1ccc(Oc2cc(C=O)ccc2C)cc1. The lowest BCUT2D eigenvalue weighted by Gasteiger charge is -2.09. The Hall–Kier alpha value is -2.29. The number of benzene rings is 2. The highest BCUT2D eigenvalue weighted by Gasteiger charge is 2.03. The van der Waals surface area contributed by atoms with Gasteiger partial charge in [-0.25, -0.2) is 0 Å². The van der Waals surface area contributed by atoms with Gasteiger partial charge in [0.15, 0.2) is 0 Å². The van der Waals surface area contributed by atoms with Gasteiger partial charge in [-0.05, 0) is 42.8 Å². The molecule has 0 aromatic heterocycles. The summed E-state index contributed by atoms with van der Waals surface area (Å²) in [5, 5.41) is 0. The standard InChI is InChI=1S/C15H14O3/c1-11-3-4-12(10-16)9-15(11)18-14-7-5-13(17-2)6-8-14/h3-10H,1-2H3. The quantitative estimate of drug-likeness (QED) is 0.768. The third-order valence-corrected chi connectivity index (χ3v) is 2.64. The lowest BCUT2D eigenvalue weighted by Crippen LogP contribution is -1.90. The number of rotatable bonds is 4. The van der Waals surface area contributed by atoms with Crippen LogP contribution in [0, 0.1) is 6.92 Å². The highest BCUT2D eigenvalue weighted by Crippen LogP contribution is 2.27. The van der Waals surface area contributed by atoms with Crippen molar-refractivity contribution in [1.29, 1.82) is 0 Å². The van der Waals surface area contributed by atoms with Gasteiger partial charge in [-0.15, -0.1) is 0 Å². The van der Waals surface area contributed by atoms with Crippen molar-refractivity contribution >= 4 is 6.29 Å². The van der Waals surface area contributed by atoms with Crippen molar-refractivity contribution in [3.05, 3.63) is 53.6 Å². The number of hydrogen-bond acceptors (Lipinski definition) is 3. The second-order valence-corrected chi connectivity index (χ2v) is 3.92. The van der Waals surface area contributed by atoms with E-state index in [1.54, 1.807) is 19.2 Å². The van der Waals surface area contributed by atoms with E-state index in [9.17, 15) is 4.79 Å². The monoisotopic (exact) mass is 242 g/mol. The van der Waals surface area contributed by atoms with Crippen LogP contribution in [-0.2, 0) is 0 Å². The summed E-state index contributed by atoms with van der Waals surface area (Å²) in [5.41, 5.74) is 1.58. The van der Waals surface area contributed by atoms with Gasteiger partial charge in [-0.3, -0.25) is 4.79 Å². The van der Waals surface area contributed by atoms with Crippen LogP contribution in [0.15, 0.2) is 42.5 Å². The summed E-state index contributed by atoms with van der Waals surface area (Å²) in [6.45, 7) is 1.94. The molecule has 2 aromatic rings. The van der Waals surface area contributed by atoms with E-state index >= 15 is 0 Å². The van der Waals surface area contributed by atoms with E-state index in [1.807, 2.05) is 37.3 Å². The molecule has 0 aliphatic carbocycles. The molecule has 0 spiro atoms. The molecule has 18 heavy (non-hydrogen) atoms. The van der Waals surface area contributed by atoms with Crippen molar-refractivity contribution in [1.82, 2.24) is 0 Å². The Labute approximate surface area is 106 Å². The predicted octanol–water partition coefficient (Wildman–Crippen LogP) is 3.61. The van der Waals surface area contributed by atoms with Gasteiger partial charge < -0.3 is 9.47 Å². The van der Waals surface area contributed by atoms with E-state index in [1.165, 1.54) is 0 Å². The average molecular weight is 242 g/mol. The molecule has 0 amide bonds. The number of methoxy groups -OCH3 is 1. The van der Waals surface area contributed by atoms with Crippen LogP contribution in [0.25, 0.3) is 0 Å². The summed E-state index contributed by atoms with van der Waals surface area (Å²) < 4.78 is 10.8. The fourth-order valence-corrected chi connectivity index (χ4v) is 1.57. The van der Waals surface area contributed by atoms with E-state index in [-0.39, 0.29) is 0 Å². The predicted molar refractivity (Wildman–Crippen MR) is 69.6 cm³/mol. The van der Waals surface area contributed by atoms with Gasteiger partial charge in [-0.1, -0.05) is 12.1 Å². The van der Waals surface area contributed by atoms with Gasteiger partial charge in [0.05, 0.1) is 7.11 Å². The maximum absolute atomic E-state index is 10.7. The molecule has 2 rings (SSSR count). The Morgan fingerprint density at radius 3 is 2.28 bits per heavy atom. The highest BCUT2D eigenvalue weighted by atomic mass is 16.5. The molecule has 0 atom stereocenters. The summed E-state index contributed by atoms with van der Waals surface area (Å²) in [7, 11) is 1.62. The Balaban J connectivity index is 2.24. The van der Waals surface area contributed by atoms with Crippen LogP contribution in [-0.4, -0.2) is 13.4 Å². The second kappa shape index (κ2) is 5.36. The Bertz CT molecular complexity index is 544. The van der Waals surface area contributed by atoms with E-state index in [0.29, 0.717) is 17.1 Å². The summed E-state index contributed by atoms with van der Waals surface area (Å²) >= 11 is 0. The minimum Gasteiger partial charge on any atom is -0.497 e. The maximum Gasteiger partial charge on any atom is 0.150 e. The molecule has 0 fully saturated rings.